The van der Waals surface area contributed by atoms with Gasteiger partial charge < -0.3 is 15.2 Å². The molecule has 7 heteroatoms. The minimum Gasteiger partial charge on any atom is -0.481 e. The van der Waals surface area contributed by atoms with Crippen molar-refractivity contribution < 1.29 is 24.2 Å². The number of ether oxygens (including phenoxy) is 1. The van der Waals surface area contributed by atoms with E-state index in [0.29, 0.717) is 6.42 Å². The third-order valence-electron chi connectivity index (χ3n) is 3.90. The number of carbonyl (C=O) groups excluding carboxylic acids is 2. The van der Waals surface area contributed by atoms with Crippen LogP contribution in [0, 0.1) is 0 Å². The number of esters is 1. The normalized spacial score (nSPS) is 21.1. The van der Waals surface area contributed by atoms with Crippen LogP contribution in [0.3, 0.4) is 0 Å². The number of hydrogen-bond acceptors (Lipinski definition) is 5. The van der Waals surface area contributed by atoms with Crippen LogP contribution >= 0.6 is 0 Å². The number of aliphatic carboxylic acids is 1. The summed E-state index contributed by atoms with van der Waals surface area (Å²) in [6.45, 7) is 1.98. The second kappa shape index (κ2) is 8.44. The van der Waals surface area contributed by atoms with Crippen molar-refractivity contribution in [2.45, 2.75) is 44.3 Å². The Hall–Kier alpha value is -2.41. The first kappa shape index (κ1) is 17.9. The number of hydrogen-bond donors (Lipinski definition) is 3. The fourth-order valence-corrected chi connectivity index (χ4v) is 2.83. The van der Waals surface area contributed by atoms with E-state index in [-0.39, 0.29) is 25.4 Å². The standard InChI is InChI=1S/C17H22N2O5/c1-2-24-17(23)14(8-11-6-4-3-5-7-11)18-12-9-15(20)19-13(12)10-16(21)22/h3-7,12-14,18H,2,8-10H2,1H3,(H,19,20)(H,21,22)/t12-,13+,14+/m1/s1. The molecule has 3 atom stereocenters. The highest BCUT2D eigenvalue weighted by molar-refractivity contribution is 5.82. The predicted molar refractivity (Wildman–Crippen MR) is 86.3 cm³/mol. The number of amides is 1. The Morgan fingerprint density at radius 3 is 2.71 bits per heavy atom. The van der Waals surface area contributed by atoms with Crippen molar-refractivity contribution in [3.63, 3.8) is 0 Å². The number of carboxylic acid groups (broad SMARTS) is 1. The highest BCUT2D eigenvalue weighted by atomic mass is 16.5. The first-order valence-electron chi connectivity index (χ1n) is 7.97. The summed E-state index contributed by atoms with van der Waals surface area (Å²) >= 11 is 0. The summed E-state index contributed by atoms with van der Waals surface area (Å²) < 4.78 is 5.11. The van der Waals surface area contributed by atoms with Crippen LogP contribution in [-0.2, 0) is 25.5 Å². The highest BCUT2D eigenvalue weighted by Crippen LogP contribution is 2.15. The SMILES string of the molecule is CCOC(=O)[C@H](Cc1ccccc1)N[C@@H]1CC(=O)N[C@H]1CC(=O)O. The molecular formula is C17H22N2O5. The predicted octanol–water partition coefficient (Wildman–Crippen LogP) is 0.482. The van der Waals surface area contributed by atoms with Crippen molar-refractivity contribution in [1.82, 2.24) is 10.6 Å². The molecule has 130 valence electrons. The van der Waals surface area contributed by atoms with Gasteiger partial charge in [0.1, 0.15) is 6.04 Å². The summed E-state index contributed by atoms with van der Waals surface area (Å²) in [5.41, 5.74) is 0.954. The Bertz CT molecular complexity index is 590. The Labute approximate surface area is 140 Å². The van der Waals surface area contributed by atoms with Crippen LogP contribution in [0.5, 0.6) is 0 Å². The molecule has 1 aromatic rings. The van der Waals surface area contributed by atoms with E-state index in [4.69, 9.17) is 9.84 Å². The molecule has 7 nitrogen and oxygen atoms in total. The molecule has 1 aliphatic rings. The second-order valence-corrected chi connectivity index (χ2v) is 5.74. The van der Waals surface area contributed by atoms with E-state index >= 15 is 0 Å². The van der Waals surface area contributed by atoms with Crippen molar-refractivity contribution in [1.29, 1.82) is 0 Å². The van der Waals surface area contributed by atoms with Gasteiger partial charge in [0.05, 0.1) is 19.1 Å². The molecule has 0 aliphatic carbocycles. The smallest absolute Gasteiger partial charge is 0.323 e. The van der Waals surface area contributed by atoms with Gasteiger partial charge in [0.15, 0.2) is 0 Å². The molecule has 1 saturated heterocycles. The Morgan fingerprint density at radius 2 is 2.08 bits per heavy atom. The maximum Gasteiger partial charge on any atom is 0.323 e. The largest absolute Gasteiger partial charge is 0.481 e. The lowest BCUT2D eigenvalue weighted by Gasteiger charge is -2.24. The first-order valence-corrected chi connectivity index (χ1v) is 7.97. The third-order valence-corrected chi connectivity index (χ3v) is 3.90. The van der Waals surface area contributed by atoms with Gasteiger partial charge in [-0.1, -0.05) is 30.3 Å². The van der Waals surface area contributed by atoms with Crippen molar-refractivity contribution in [2.75, 3.05) is 6.61 Å². The summed E-state index contributed by atoms with van der Waals surface area (Å²) in [6, 6.07) is 7.85. The summed E-state index contributed by atoms with van der Waals surface area (Å²) in [5.74, 6) is -1.62. The van der Waals surface area contributed by atoms with Crippen LogP contribution in [0.15, 0.2) is 30.3 Å². The van der Waals surface area contributed by atoms with Gasteiger partial charge in [-0.3, -0.25) is 19.7 Å². The number of nitrogens with one attached hydrogen (secondary N) is 2. The Balaban J connectivity index is 2.09. The highest BCUT2D eigenvalue weighted by Gasteiger charge is 2.36. The van der Waals surface area contributed by atoms with Crippen LogP contribution in [0.25, 0.3) is 0 Å². The molecule has 0 saturated carbocycles. The fourth-order valence-electron chi connectivity index (χ4n) is 2.83. The van der Waals surface area contributed by atoms with E-state index in [1.807, 2.05) is 30.3 Å². The van der Waals surface area contributed by atoms with Gasteiger partial charge in [0.25, 0.3) is 0 Å². The van der Waals surface area contributed by atoms with Crippen LogP contribution in [-0.4, -0.2) is 47.7 Å². The number of benzene rings is 1. The minimum atomic E-state index is -0.996. The van der Waals surface area contributed by atoms with Crippen LogP contribution in [0.2, 0.25) is 0 Å². The topological polar surface area (TPSA) is 105 Å². The number of rotatable bonds is 8. The average Bonchev–Trinajstić information content (AvgIpc) is 2.86. The van der Waals surface area contributed by atoms with Crippen molar-refractivity contribution >= 4 is 17.8 Å². The molecule has 0 radical (unpaired) electrons. The summed E-state index contributed by atoms with van der Waals surface area (Å²) in [5, 5.41) is 14.7. The van der Waals surface area contributed by atoms with E-state index in [0.717, 1.165) is 5.56 Å². The average molecular weight is 334 g/mol. The van der Waals surface area contributed by atoms with Crippen LogP contribution in [0.4, 0.5) is 0 Å². The van der Waals surface area contributed by atoms with Crippen molar-refractivity contribution in [3.8, 4) is 0 Å². The maximum absolute atomic E-state index is 12.2. The van der Waals surface area contributed by atoms with Gasteiger partial charge in [-0.2, -0.15) is 0 Å². The third kappa shape index (κ3) is 5.06. The van der Waals surface area contributed by atoms with Gasteiger partial charge in [-0.25, -0.2) is 0 Å². The van der Waals surface area contributed by atoms with Gasteiger partial charge >= 0.3 is 11.9 Å². The Morgan fingerprint density at radius 1 is 1.38 bits per heavy atom. The molecule has 3 N–H and O–H groups in total. The lowest BCUT2D eigenvalue weighted by Crippen LogP contribution is -2.50. The molecule has 1 fully saturated rings. The molecule has 0 spiro atoms. The van der Waals surface area contributed by atoms with Gasteiger partial charge in [0.2, 0.25) is 5.91 Å². The summed E-state index contributed by atoms with van der Waals surface area (Å²) in [7, 11) is 0. The summed E-state index contributed by atoms with van der Waals surface area (Å²) in [4.78, 5) is 34.8. The zero-order valence-corrected chi connectivity index (χ0v) is 13.5. The van der Waals surface area contributed by atoms with Crippen LogP contribution < -0.4 is 10.6 Å². The summed E-state index contributed by atoms with van der Waals surface area (Å²) in [6.07, 6.45) is 0.358. The van der Waals surface area contributed by atoms with Crippen LogP contribution in [0.1, 0.15) is 25.3 Å². The zero-order valence-electron chi connectivity index (χ0n) is 13.5. The quantitative estimate of drug-likeness (QED) is 0.597. The molecule has 2 rings (SSSR count). The zero-order chi connectivity index (χ0) is 17.5. The minimum absolute atomic E-state index is 0.142. The lowest BCUT2D eigenvalue weighted by atomic mass is 10.0. The van der Waals surface area contributed by atoms with Crippen molar-refractivity contribution in [3.05, 3.63) is 35.9 Å². The van der Waals surface area contributed by atoms with Crippen molar-refractivity contribution in [2.24, 2.45) is 0 Å². The van der Waals surface area contributed by atoms with E-state index in [2.05, 4.69) is 10.6 Å². The molecule has 24 heavy (non-hydrogen) atoms. The lowest BCUT2D eigenvalue weighted by molar-refractivity contribution is -0.146. The first-order chi connectivity index (χ1) is 11.5. The second-order valence-electron chi connectivity index (χ2n) is 5.74. The molecule has 0 bridgehead atoms. The molecule has 0 unspecified atom stereocenters. The van der Waals surface area contributed by atoms with E-state index in [1.165, 1.54) is 0 Å². The molecular weight excluding hydrogens is 312 g/mol. The van der Waals surface area contributed by atoms with Gasteiger partial charge in [-0.05, 0) is 18.9 Å². The monoisotopic (exact) mass is 334 g/mol. The van der Waals surface area contributed by atoms with E-state index in [9.17, 15) is 14.4 Å². The maximum atomic E-state index is 12.2. The van der Waals surface area contributed by atoms with E-state index < -0.39 is 30.1 Å². The molecule has 0 aromatic heterocycles. The number of carboxylic acids is 1. The molecule has 1 heterocycles. The molecule has 1 amide bonds. The fraction of sp³-hybridized carbons (Fsp3) is 0.471. The molecule has 1 aromatic carbocycles. The van der Waals surface area contributed by atoms with Gasteiger partial charge in [0, 0.05) is 12.5 Å². The number of carbonyl (C=O) groups is 3. The molecule has 1 aliphatic heterocycles. The van der Waals surface area contributed by atoms with E-state index in [1.54, 1.807) is 6.92 Å². The Kier molecular flexibility index (Phi) is 6.31. The van der Waals surface area contributed by atoms with Gasteiger partial charge in [-0.15, -0.1) is 0 Å².